The molecule has 0 saturated heterocycles. The smallest absolute Gasteiger partial charge is 0.0432 e. The van der Waals surface area contributed by atoms with E-state index >= 15 is 0 Å². The van der Waals surface area contributed by atoms with Crippen LogP contribution in [0.5, 0.6) is 0 Å². The van der Waals surface area contributed by atoms with Crippen LogP contribution in [0.4, 0.5) is 0 Å². The molecule has 0 aliphatic carbocycles. The summed E-state index contributed by atoms with van der Waals surface area (Å²) in [5.74, 6) is 6.80. The molecule has 0 unspecified atom stereocenters. The number of benzene rings is 1. The Morgan fingerprint density at radius 3 is 2.24 bits per heavy atom. The van der Waals surface area contributed by atoms with Gasteiger partial charge in [0.25, 0.3) is 0 Å². The van der Waals surface area contributed by atoms with E-state index < -0.39 is 0 Å². The molecule has 1 aromatic carbocycles. The van der Waals surface area contributed by atoms with Crippen molar-refractivity contribution < 1.29 is 0 Å². The van der Waals surface area contributed by atoms with Gasteiger partial charge in [-0.05, 0) is 35.7 Å². The summed E-state index contributed by atoms with van der Waals surface area (Å²) < 4.78 is 0. The Hall–Kier alpha value is -2.07. The zero-order chi connectivity index (χ0) is 12.1. The minimum absolute atomic E-state index is 0.565. The van der Waals surface area contributed by atoms with Gasteiger partial charge < -0.3 is 0 Å². The standard InChI is InChI=1S/C16H15N/c1-13(2)16-9-7-14(8-10-16)5-6-15-4-3-11-17-12-15/h3-4,7-13H,1-2H3. The van der Waals surface area contributed by atoms with Gasteiger partial charge >= 0.3 is 0 Å². The van der Waals surface area contributed by atoms with Crippen LogP contribution in [-0.4, -0.2) is 4.98 Å². The molecule has 2 aromatic rings. The van der Waals surface area contributed by atoms with E-state index in [4.69, 9.17) is 0 Å². The highest BCUT2D eigenvalue weighted by Gasteiger charge is 1.96. The van der Waals surface area contributed by atoms with Crippen LogP contribution in [0.3, 0.4) is 0 Å². The Bertz CT molecular complexity index is 527. The Morgan fingerprint density at radius 2 is 1.65 bits per heavy atom. The number of aromatic nitrogens is 1. The molecule has 1 heterocycles. The first-order chi connectivity index (χ1) is 8.25. The molecule has 0 saturated carbocycles. The van der Waals surface area contributed by atoms with Crippen LogP contribution in [0.25, 0.3) is 0 Å². The first-order valence-corrected chi connectivity index (χ1v) is 5.78. The highest BCUT2D eigenvalue weighted by Crippen LogP contribution is 2.14. The summed E-state index contributed by atoms with van der Waals surface area (Å²) >= 11 is 0. The molecular formula is C16H15N. The van der Waals surface area contributed by atoms with E-state index in [1.165, 1.54) is 5.56 Å². The second kappa shape index (κ2) is 5.32. The maximum Gasteiger partial charge on any atom is 0.0432 e. The van der Waals surface area contributed by atoms with Crippen LogP contribution >= 0.6 is 0 Å². The molecule has 0 aliphatic heterocycles. The Morgan fingerprint density at radius 1 is 0.941 bits per heavy atom. The topological polar surface area (TPSA) is 12.9 Å². The third-order valence-electron chi connectivity index (χ3n) is 2.59. The van der Waals surface area contributed by atoms with Crippen molar-refractivity contribution in [3.05, 3.63) is 65.5 Å². The molecule has 0 fully saturated rings. The summed E-state index contributed by atoms with van der Waals surface area (Å²) in [4.78, 5) is 4.03. The van der Waals surface area contributed by atoms with Crippen molar-refractivity contribution in [1.82, 2.24) is 4.98 Å². The lowest BCUT2D eigenvalue weighted by atomic mass is 10.0. The van der Waals surface area contributed by atoms with Gasteiger partial charge in [-0.1, -0.05) is 37.8 Å². The van der Waals surface area contributed by atoms with E-state index in [9.17, 15) is 0 Å². The van der Waals surface area contributed by atoms with Crippen LogP contribution in [0.15, 0.2) is 48.8 Å². The van der Waals surface area contributed by atoms with Crippen molar-refractivity contribution in [3.63, 3.8) is 0 Å². The molecule has 0 bridgehead atoms. The summed E-state index contributed by atoms with van der Waals surface area (Å²) in [7, 11) is 0. The van der Waals surface area contributed by atoms with E-state index in [-0.39, 0.29) is 0 Å². The first-order valence-electron chi connectivity index (χ1n) is 5.78. The summed E-state index contributed by atoms with van der Waals surface area (Å²) in [5.41, 5.74) is 3.33. The van der Waals surface area contributed by atoms with Gasteiger partial charge in [0, 0.05) is 23.5 Å². The molecule has 1 nitrogen and oxygen atoms in total. The number of hydrogen-bond acceptors (Lipinski definition) is 1. The molecule has 1 aromatic heterocycles. The minimum atomic E-state index is 0.565. The van der Waals surface area contributed by atoms with Gasteiger partial charge in [-0.25, -0.2) is 0 Å². The number of pyridine rings is 1. The lowest BCUT2D eigenvalue weighted by molar-refractivity contribution is 0.866. The molecule has 84 valence electrons. The molecule has 0 spiro atoms. The predicted octanol–water partition coefficient (Wildman–Crippen LogP) is 3.60. The van der Waals surface area contributed by atoms with Crippen molar-refractivity contribution in [1.29, 1.82) is 0 Å². The molecule has 0 N–H and O–H groups in total. The summed E-state index contributed by atoms with van der Waals surface area (Å²) in [6.07, 6.45) is 3.53. The molecule has 1 heteroatoms. The summed E-state index contributed by atoms with van der Waals surface area (Å²) in [6.45, 7) is 4.38. The van der Waals surface area contributed by atoms with Gasteiger partial charge in [-0.15, -0.1) is 0 Å². The average Bonchev–Trinajstić information content (AvgIpc) is 2.38. The van der Waals surface area contributed by atoms with Crippen molar-refractivity contribution in [3.8, 4) is 11.8 Å². The molecule has 2 rings (SSSR count). The number of nitrogens with zero attached hydrogens (tertiary/aromatic N) is 1. The average molecular weight is 221 g/mol. The van der Waals surface area contributed by atoms with Crippen LogP contribution in [0, 0.1) is 11.8 Å². The minimum Gasteiger partial charge on any atom is -0.263 e. The normalized spacial score (nSPS) is 9.82. The number of hydrogen-bond donors (Lipinski definition) is 0. The largest absolute Gasteiger partial charge is 0.263 e. The van der Waals surface area contributed by atoms with Gasteiger partial charge in [0.1, 0.15) is 0 Å². The SMILES string of the molecule is CC(C)c1ccc(C#Cc2cccnc2)cc1. The van der Waals surface area contributed by atoms with Crippen molar-refractivity contribution in [2.75, 3.05) is 0 Å². The number of rotatable bonds is 1. The third kappa shape index (κ3) is 3.19. The molecular weight excluding hydrogens is 206 g/mol. The predicted molar refractivity (Wildman–Crippen MR) is 70.7 cm³/mol. The summed E-state index contributed by atoms with van der Waals surface area (Å²) in [5, 5.41) is 0. The zero-order valence-corrected chi connectivity index (χ0v) is 10.1. The third-order valence-corrected chi connectivity index (χ3v) is 2.59. The van der Waals surface area contributed by atoms with Crippen LogP contribution in [-0.2, 0) is 0 Å². The van der Waals surface area contributed by atoms with Gasteiger partial charge in [-0.2, -0.15) is 0 Å². The van der Waals surface area contributed by atoms with E-state index in [1.807, 2.05) is 12.1 Å². The van der Waals surface area contributed by atoms with Crippen LogP contribution in [0.1, 0.15) is 36.5 Å². The summed E-state index contributed by atoms with van der Waals surface area (Å²) in [6, 6.07) is 12.3. The lowest BCUT2D eigenvalue weighted by Gasteiger charge is -2.03. The van der Waals surface area contributed by atoms with Crippen molar-refractivity contribution >= 4 is 0 Å². The quantitative estimate of drug-likeness (QED) is 0.670. The Balaban J connectivity index is 2.17. The zero-order valence-electron chi connectivity index (χ0n) is 10.1. The highest BCUT2D eigenvalue weighted by atomic mass is 14.6. The van der Waals surface area contributed by atoms with Gasteiger partial charge in [0.15, 0.2) is 0 Å². The molecule has 0 atom stereocenters. The Labute approximate surface area is 103 Å². The van der Waals surface area contributed by atoms with Gasteiger partial charge in [-0.3, -0.25) is 4.98 Å². The fourth-order valence-electron chi connectivity index (χ4n) is 1.53. The molecule has 0 radical (unpaired) electrons. The van der Waals surface area contributed by atoms with E-state index in [2.05, 4.69) is 54.9 Å². The fraction of sp³-hybridized carbons (Fsp3) is 0.188. The van der Waals surface area contributed by atoms with Gasteiger partial charge in [0.2, 0.25) is 0 Å². The second-order valence-electron chi connectivity index (χ2n) is 4.27. The fourth-order valence-corrected chi connectivity index (χ4v) is 1.53. The lowest BCUT2D eigenvalue weighted by Crippen LogP contribution is -1.86. The maximum absolute atomic E-state index is 4.03. The molecule has 0 amide bonds. The maximum atomic E-state index is 4.03. The van der Waals surface area contributed by atoms with Crippen LogP contribution < -0.4 is 0 Å². The Kier molecular flexibility index (Phi) is 3.57. The first kappa shape index (κ1) is 11.4. The molecule has 0 aliphatic rings. The van der Waals surface area contributed by atoms with Crippen molar-refractivity contribution in [2.45, 2.75) is 19.8 Å². The van der Waals surface area contributed by atoms with Crippen molar-refractivity contribution in [2.24, 2.45) is 0 Å². The van der Waals surface area contributed by atoms with E-state index in [0.717, 1.165) is 11.1 Å². The molecule has 17 heavy (non-hydrogen) atoms. The van der Waals surface area contributed by atoms with Gasteiger partial charge in [0.05, 0.1) is 0 Å². The van der Waals surface area contributed by atoms with Crippen LogP contribution in [0.2, 0.25) is 0 Å². The second-order valence-corrected chi connectivity index (χ2v) is 4.27. The van der Waals surface area contributed by atoms with E-state index in [0.29, 0.717) is 5.92 Å². The highest BCUT2D eigenvalue weighted by molar-refractivity contribution is 5.42. The van der Waals surface area contributed by atoms with E-state index in [1.54, 1.807) is 12.4 Å². The monoisotopic (exact) mass is 221 g/mol.